The number of nitrogens with zero attached hydrogens (tertiary/aromatic N) is 4. The lowest BCUT2D eigenvalue weighted by molar-refractivity contribution is -0.248. The molecule has 46 heavy (non-hydrogen) atoms. The molecule has 0 radical (unpaired) electrons. The lowest BCUT2D eigenvalue weighted by Crippen LogP contribution is -2.67. The van der Waals surface area contributed by atoms with E-state index < -0.39 is 5.41 Å². The van der Waals surface area contributed by atoms with Crippen molar-refractivity contribution in [2.45, 2.75) is 118 Å². The number of allylic oxidation sites excluding steroid dienone is 1. The fourth-order valence-corrected chi connectivity index (χ4v) is 13.0. The smallest absolute Gasteiger partial charge is 0.312 e. The third-order valence-electron chi connectivity index (χ3n) is 15.3. The van der Waals surface area contributed by atoms with Gasteiger partial charge in [-0.05, 0) is 135 Å². The van der Waals surface area contributed by atoms with Crippen molar-refractivity contribution in [3.63, 3.8) is 0 Å². The van der Waals surface area contributed by atoms with Gasteiger partial charge in [-0.1, -0.05) is 63.6 Å². The van der Waals surface area contributed by atoms with E-state index in [4.69, 9.17) is 16.3 Å². The number of aliphatic hydroxyl groups is 1. The molecule has 0 aromatic carbocycles. The topological polar surface area (TPSA) is 90.1 Å². The molecular formula is C38H53ClN4O3. The minimum absolute atomic E-state index is 0.0519. The number of hydrogen-bond donors (Lipinski definition) is 1. The van der Waals surface area contributed by atoms with Crippen LogP contribution in [0.4, 0.5) is 0 Å². The standard InChI is InChI=1S/C38H53ClN4O3/c1-23(2)25-12-17-38(33(45)46-22-24-21-43(42-41-24)27-9-8-20-40-32(27)39)19-18-36(6)26(31(25)38)10-11-29-35(5)15-14-30(44)34(3,4)28(35)13-16-37(29,36)7/h8-9,20-21,25-26,28-31,44H,1,10-19,22H2,2-7H3/t25-,26+,28-,29+,30-,31+,35-,36+,37+,38-/m0/s1. The quantitative estimate of drug-likeness (QED) is 0.199. The van der Waals surface area contributed by atoms with Crippen LogP contribution >= 0.6 is 11.6 Å². The Kier molecular flexibility index (Phi) is 7.64. The fourth-order valence-electron chi connectivity index (χ4n) is 12.8. The molecule has 5 fully saturated rings. The van der Waals surface area contributed by atoms with Crippen LogP contribution < -0.4 is 0 Å². The highest BCUT2D eigenvalue weighted by atomic mass is 35.5. The van der Waals surface area contributed by atoms with E-state index in [1.54, 1.807) is 23.1 Å². The van der Waals surface area contributed by atoms with Crippen molar-refractivity contribution in [3.8, 4) is 5.69 Å². The zero-order valence-electron chi connectivity index (χ0n) is 28.7. The molecule has 0 aliphatic heterocycles. The highest BCUT2D eigenvalue weighted by Gasteiger charge is 2.72. The Morgan fingerprint density at radius 3 is 2.54 bits per heavy atom. The van der Waals surface area contributed by atoms with Crippen molar-refractivity contribution in [1.29, 1.82) is 0 Å². The maximum Gasteiger partial charge on any atom is 0.312 e. The summed E-state index contributed by atoms with van der Waals surface area (Å²) >= 11 is 6.27. The molecule has 2 aromatic rings. The van der Waals surface area contributed by atoms with Gasteiger partial charge in [0, 0.05) is 6.20 Å². The molecule has 0 spiro atoms. The average Bonchev–Trinajstić information content (AvgIpc) is 3.65. The number of aromatic nitrogens is 4. The fraction of sp³-hybridized carbons (Fsp3) is 0.737. The summed E-state index contributed by atoms with van der Waals surface area (Å²) in [5.74, 6) is 2.14. The van der Waals surface area contributed by atoms with E-state index in [1.165, 1.54) is 24.8 Å². The van der Waals surface area contributed by atoms with E-state index in [1.807, 2.05) is 6.07 Å². The van der Waals surface area contributed by atoms with E-state index in [-0.39, 0.29) is 46.3 Å². The molecule has 2 aromatic heterocycles. The largest absolute Gasteiger partial charge is 0.459 e. The number of pyridine rings is 1. The van der Waals surface area contributed by atoms with Gasteiger partial charge in [0.15, 0.2) is 5.15 Å². The van der Waals surface area contributed by atoms with Gasteiger partial charge in [0.1, 0.15) is 18.0 Å². The highest BCUT2D eigenvalue weighted by Crippen LogP contribution is 2.77. The number of esters is 1. The molecule has 0 unspecified atom stereocenters. The first-order valence-electron chi connectivity index (χ1n) is 17.7. The molecule has 0 saturated heterocycles. The van der Waals surface area contributed by atoms with Gasteiger partial charge >= 0.3 is 5.97 Å². The van der Waals surface area contributed by atoms with E-state index >= 15 is 0 Å². The van der Waals surface area contributed by atoms with Crippen LogP contribution in [0, 0.1) is 56.7 Å². The third-order valence-corrected chi connectivity index (χ3v) is 15.6. The molecule has 10 atom stereocenters. The molecule has 250 valence electrons. The Morgan fingerprint density at radius 2 is 1.80 bits per heavy atom. The summed E-state index contributed by atoms with van der Waals surface area (Å²) in [6, 6.07) is 3.64. The Balaban J connectivity index is 1.16. The van der Waals surface area contributed by atoms with Crippen molar-refractivity contribution >= 4 is 17.6 Å². The lowest BCUT2D eigenvalue weighted by Gasteiger charge is -2.72. The maximum atomic E-state index is 14.4. The number of fused-ring (bicyclic) bond motifs is 7. The summed E-state index contributed by atoms with van der Waals surface area (Å²) in [6.07, 6.45) is 13.8. The lowest BCUT2D eigenvalue weighted by atomic mass is 9.32. The van der Waals surface area contributed by atoms with Crippen LogP contribution in [0.1, 0.15) is 111 Å². The van der Waals surface area contributed by atoms with E-state index in [9.17, 15) is 9.90 Å². The summed E-state index contributed by atoms with van der Waals surface area (Å²) < 4.78 is 7.77. The van der Waals surface area contributed by atoms with E-state index in [0.717, 1.165) is 44.9 Å². The van der Waals surface area contributed by atoms with Crippen LogP contribution in [0.5, 0.6) is 0 Å². The molecule has 8 heteroatoms. The summed E-state index contributed by atoms with van der Waals surface area (Å²) in [4.78, 5) is 18.5. The summed E-state index contributed by atoms with van der Waals surface area (Å²) in [5.41, 5.74) is 2.48. The van der Waals surface area contributed by atoms with E-state index in [0.29, 0.717) is 40.2 Å². The number of halogens is 1. The van der Waals surface area contributed by atoms with Gasteiger partial charge < -0.3 is 9.84 Å². The maximum absolute atomic E-state index is 14.4. The highest BCUT2D eigenvalue weighted by molar-refractivity contribution is 6.31. The Morgan fingerprint density at radius 1 is 1.02 bits per heavy atom. The zero-order valence-corrected chi connectivity index (χ0v) is 29.4. The first kappa shape index (κ1) is 32.3. The van der Waals surface area contributed by atoms with Crippen LogP contribution in [0.25, 0.3) is 5.69 Å². The number of carbonyl (C=O) groups excluding carboxylic acids is 1. The molecule has 2 heterocycles. The number of rotatable bonds is 5. The van der Waals surface area contributed by atoms with Crippen LogP contribution in [-0.4, -0.2) is 37.2 Å². The SMILES string of the molecule is C=C(C)[C@@H]1CC[C@]2(C(=O)OCc3cn(-c4cccnc4Cl)nn3)CC[C@]3(C)[C@H](CC[C@@H]4[C@@]5(C)CC[C@H](O)C(C)(C)[C@@H]5CC[C@]43C)[C@@H]12. The molecule has 5 saturated carbocycles. The minimum atomic E-state index is -0.488. The predicted octanol–water partition coefficient (Wildman–Crippen LogP) is 8.38. The van der Waals surface area contributed by atoms with Crippen molar-refractivity contribution in [2.75, 3.05) is 0 Å². The Bertz CT molecular complexity index is 1540. The summed E-state index contributed by atoms with van der Waals surface area (Å²) in [6.45, 7) is 19.2. The van der Waals surface area contributed by atoms with Gasteiger partial charge in [0.2, 0.25) is 0 Å². The van der Waals surface area contributed by atoms with Crippen LogP contribution in [0.15, 0.2) is 36.7 Å². The number of hydrogen-bond acceptors (Lipinski definition) is 6. The second kappa shape index (κ2) is 10.9. The van der Waals surface area contributed by atoms with Crippen molar-refractivity contribution in [2.24, 2.45) is 56.7 Å². The first-order chi connectivity index (χ1) is 21.7. The van der Waals surface area contributed by atoms with Crippen LogP contribution in [-0.2, 0) is 16.1 Å². The Labute approximate surface area is 279 Å². The van der Waals surface area contributed by atoms with Gasteiger partial charge in [-0.15, -0.1) is 5.10 Å². The molecule has 7 nitrogen and oxygen atoms in total. The van der Waals surface area contributed by atoms with Gasteiger partial charge in [0.25, 0.3) is 0 Å². The molecule has 5 aliphatic rings. The summed E-state index contributed by atoms with van der Waals surface area (Å²) in [5, 5.41) is 19.9. The Hall–Kier alpha value is -2.25. The number of aliphatic hydroxyl groups excluding tert-OH is 1. The summed E-state index contributed by atoms with van der Waals surface area (Å²) in [7, 11) is 0. The molecule has 1 N–H and O–H groups in total. The van der Waals surface area contributed by atoms with Crippen LogP contribution in [0.2, 0.25) is 5.15 Å². The van der Waals surface area contributed by atoms with Crippen molar-refractivity contribution < 1.29 is 14.6 Å². The van der Waals surface area contributed by atoms with E-state index in [2.05, 4.69) is 63.4 Å². The van der Waals surface area contributed by atoms with Crippen molar-refractivity contribution in [3.05, 3.63) is 47.5 Å². The predicted molar refractivity (Wildman–Crippen MR) is 179 cm³/mol. The molecule has 5 aliphatic carbocycles. The third kappa shape index (κ3) is 4.38. The van der Waals surface area contributed by atoms with Crippen molar-refractivity contribution in [1.82, 2.24) is 20.0 Å². The molecule has 0 amide bonds. The number of ether oxygens (including phenoxy) is 1. The molecule has 0 bridgehead atoms. The molecule has 7 rings (SSSR count). The first-order valence-corrected chi connectivity index (χ1v) is 18.1. The second-order valence-electron chi connectivity index (χ2n) is 17.3. The minimum Gasteiger partial charge on any atom is -0.459 e. The average molecular weight is 649 g/mol. The normalized spacial score (nSPS) is 42.7. The zero-order chi connectivity index (χ0) is 32.9. The second-order valence-corrected chi connectivity index (χ2v) is 17.6. The van der Waals surface area contributed by atoms with Gasteiger partial charge in [-0.25, -0.2) is 9.67 Å². The number of carbonyl (C=O) groups is 1. The van der Waals surface area contributed by atoms with Gasteiger partial charge in [0.05, 0.1) is 17.7 Å². The monoisotopic (exact) mass is 648 g/mol. The molecular weight excluding hydrogens is 596 g/mol. The van der Waals surface area contributed by atoms with Crippen LogP contribution in [0.3, 0.4) is 0 Å². The van der Waals surface area contributed by atoms with Gasteiger partial charge in [-0.2, -0.15) is 0 Å². The van der Waals surface area contributed by atoms with Gasteiger partial charge in [-0.3, -0.25) is 4.79 Å².